The van der Waals surface area contributed by atoms with Crippen LogP contribution in [0, 0.1) is 13.8 Å². The van der Waals surface area contributed by atoms with Crippen molar-refractivity contribution in [2.45, 2.75) is 18.7 Å². The molecule has 0 aliphatic heterocycles. The van der Waals surface area contributed by atoms with E-state index in [1.54, 1.807) is 37.6 Å². The molecule has 10 heteroatoms. The molecule has 0 unspecified atom stereocenters. The third kappa shape index (κ3) is 4.10. The van der Waals surface area contributed by atoms with Gasteiger partial charge >= 0.3 is 0 Å². The number of nitrogens with zero attached hydrogens (tertiary/aromatic N) is 4. The Morgan fingerprint density at radius 3 is 2.45 bits per heavy atom. The zero-order valence-electron chi connectivity index (χ0n) is 17.0. The van der Waals surface area contributed by atoms with E-state index in [1.165, 1.54) is 19.4 Å². The van der Waals surface area contributed by atoms with Crippen LogP contribution >= 0.6 is 0 Å². The third-order valence-corrected chi connectivity index (χ3v) is 5.94. The molecule has 0 atom stereocenters. The first-order valence-corrected chi connectivity index (χ1v) is 10.7. The maximum absolute atomic E-state index is 13.2. The lowest BCUT2D eigenvalue weighted by Gasteiger charge is -2.13. The second-order valence-electron chi connectivity index (χ2n) is 6.72. The summed E-state index contributed by atoms with van der Waals surface area (Å²) in [7, 11) is -2.62. The lowest BCUT2D eigenvalue weighted by molar-refractivity contribution is 0.397. The van der Waals surface area contributed by atoms with Gasteiger partial charge in [-0.2, -0.15) is 0 Å². The second kappa shape index (κ2) is 8.15. The first kappa shape index (κ1) is 20.5. The lowest BCUT2D eigenvalue weighted by atomic mass is 10.0. The summed E-state index contributed by atoms with van der Waals surface area (Å²) in [6.07, 6.45) is 4.57. The molecule has 0 spiro atoms. The van der Waals surface area contributed by atoms with Crippen molar-refractivity contribution in [2.24, 2.45) is 0 Å². The number of hydrogen-bond acceptors (Lipinski definition) is 8. The van der Waals surface area contributed by atoms with Crippen LogP contribution in [0.4, 0.5) is 5.82 Å². The van der Waals surface area contributed by atoms with Crippen LogP contribution in [0.3, 0.4) is 0 Å². The fourth-order valence-corrected chi connectivity index (χ4v) is 4.24. The van der Waals surface area contributed by atoms with E-state index in [1.807, 2.05) is 19.1 Å². The molecule has 1 N–H and O–H groups in total. The Kier molecular flexibility index (Phi) is 5.38. The Hall–Kier alpha value is -3.79. The Balaban J connectivity index is 1.71. The molecular weight excluding hydrogens is 418 g/mol. The van der Waals surface area contributed by atoms with Gasteiger partial charge in [0.25, 0.3) is 15.9 Å². The van der Waals surface area contributed by atoms with Gasteiger partial charge in [0.1, 0.15) is 11.2 Å². The maximum atomic E-state index is 13.2. The molecule has 0 fully saturated rings. The summed E-state index contributed by atoms with van der Waals surface area (Å²) in [4.78, 5) is 12.6. The summed E-state index contributed by atoms with van der Waals surface area (Å²) in [6, 6.07) is 10.4. The van der Waals surface area contributed by atoms with Gasteiger partial charge < -0.3 is 9.26 Å². The van der Waals surface area contributed by atoms with Gasteiger partial charge in [0.05, 0.1) is 30.4 Å². The van der Waals surface area contributed by atoms with Crippen LogP contribution in [0.25, 0.3) is 22.4 Å². The van der Waals surface area contributed by atoms with E-state index >= 15 is 0 Å². The summed E-state index contributed by atoms with van der Waals surface area (Å²) in [5.74, 6) is 0.0867. The first-order valence-electron chi connectivity index (χ1n) is 9.26. The summed E-state index contributed by atoms with van der Waals surface area (Å²) >= 11 is 0. The second-order valence-corrected chi connectivity index (χ2v) is 8.37. The van der Waals surface area contributed by atoms with Crippen molar-refractivity contribution in [3.63, 3.8) is 0 Å². The van der Waals surface area contributed by atoms with Crippen molar-refractivity contribution in [3.05, 3.63) is 66.4 Å². The van der Waals surface area contributed by atoms with E-state index in [4.69, 9.17) is 9.26 Å². The minimum Gasteiger partial charge on any atom is -0.478 e. The van der Waals surface area contributed by atoms with Crippen LogP contribution in [0.2, 0.25) is 0 Å². The fraction of sp³-hybridized carbons (Fsp3) is 0.143. The molecule has 31 heavy (non-hydrogen) atoms. The summed E-state index contributed by atoms with van der Waals surface area (Å²) < 4.78 is 38.9. The zero-order valence-corrected chi connectivity index (χ0v) is 17.8. The molecule has 1 aromatic carbocycles. The highest BCUT2D eigenvalue weighted by molar-refractivity contribution is 7.92. The monoisotopic (exact) mass is 437 g/mol. The molecular formula is C21H19N5O4S. The predicted molar refractivity (Wildman–Crippen MR) is 114 cm³/mol. The minimum absolute atomic E-state index is 0.00110. The molecule has 0 saturated carbocycles. The average molecular weight is 437 g/mol. The number of nitrogens with one attached hydrogen (secondary N) is 1. The standard InChI is InChI=1S/C21H19N5O4S/c1-13-11-23-20(21(24-13)29-3)26-31(27,28)18-5-4-10-22-19(18)16-8-6-15(7-9-16)17-12-30-25-14(17)2/h4-12H,1-3H3,(H,23,26). The van der Waals surface area contributed by atoms with E-state index in [9.17, 15) is 8.42 Å². The Labute approximate surface area is 179 Å². The van der Waals surface area contributed by atoms with Crippen molar-refractivity contribution < 1.29 is 17.7 Å². The predicted octanol–water partition coefficient (Wildman–Crippen LogP) is 3.62. The third-order valence-electron chi connectivity index (χ3n) is 4.56. The van der Waals surface area contributed by atoms with E-state index in [2.05, 4.69) is 24.8 Å². The molecule has 0 bridgehead atoms. The van der Waals surface area contributed by atoms with Crippen LogP contribution in [0.5, 0.6) is 5.88 Å². The molecule has 0 aliphatic carbocycles. The van der Waals surface area contributed by atoms with E-state index in [-0.39, 0.29) is 16.6 Å². The van der Waals surface area contributed by atoms with Gasteiger partial charge in [-0.3, -0.25) is 9.71 Å². The normalized spacial score (nSPS) is 11.3. The maximum Gasteiger partial charge on any atom is 0.265 e. The summed E-state index contributed by atoms with van der Waals surface area (Å²) in [5.41, 5.74) is 4.09. The van der Waals surface area contributed by atoms with Crippen LogP contribution in [-0.2, 0) is 10.0 Å². The number of aromatic nitrogens is 4. The fourth-order valence-electron chi connectivity index (χ4n) is 3.05. The van der Waals surface area contributed by atoms with Crippen molar-refractivity contribution in [3.8, 4) is 28.3 Å². The van der Waals surface area contributed by atoms with Gasteiger partial charge in [-0.05, 0) is 31.5 Å². The number of sulfonamides is 1. The Morgan fingerprint density at radius 1 is 1.03 bits per heavy atom. The van der Waals surface area contributed by atoms with Gasteiger partial charge in [-0.1, -0.05) is 29.4 Å². The summed E-state index contributed by atoms with van der Waals surface area (Å²) in [5, 5.41) is 3.88. The number of pyridine rings is 1. The number of methoxy groups -OCH3 is 1. The average Bonchev–Trinajstić information content (AvgIpc) is 3.21. The molecule has 9 nitrogen and oxygen atoms in total. The highest BCUT2D eigenvalue weighted by Gasteiger charge is 2.23. The Morgan fingerprint density at radius 2 is 1.77 bits per heavy atom. The number of aryl methyl sites for hydroxylation is 2. The highest BCUT2D eigenvalue weighted by atomic mass is 32.2. The van der Waals surface area contributed by atoms with Crippen LogP contribution in [-0.4, -0.2) is 35.6 Å². The van der Waals surface area contributed by atoms with E-state index < -0.39 is 10.0 Å². The molecule has 0 saturated heterocycles. The van der Waals surface area contributed by atoms with Crippen LogP contribution < -0.4 is 9.46 Å². The summed E-state index contributed by atoms with van der Waals surface area (Å²) in [6.45, 7) is 3.59. The van der Waals surface area contributed by atoms with Gasteiger partial charge in [-0.25, -0.2) is 18.4 Å². The smallest absolute Gasteiger partial charge is 0.265 e. The molecule has 3 heterocycles. The topological polar surface area (TPSA) is 120 Å². The zero-order chi connectivity index (χ0) is 22.0. The number of hydrogen-bond donors (Lipinski definition) is 1. The minimum atomic E-state index is -4.02. The van der Waals surface area contributed by atoms with Crippen LogP contribution in [0.15, 0.2) is 64.5 Å². The first-order chi connectivity index (χ1) is 14.9. The molecule has 158 valence electrons. The van der Waals surface area contributed by atoms with Crippen molar-refractivity contribution in [1.29, 1.82) is 0 Å². The molecule has 3 aromatic heterocycles. The van der Waals surface area contributed by atoms with Gasteiger partial charge in [-0.15, -0.1) is 0 Å². The largest absolute Gasteiger partial charge is 0.478 e. The van der Waals surface area contributed by atoms with Gasteiger partial charge in [0, 0.05) is 17.3 Å². The number of rotatable bonds is 6. The van der Waals surface area contributed by atoms with Crippen molar-refractivity contribution >= 4 is 15.8 Å². The quantitative estimate of drug-likeness (QED) is 0.486. The van der Waals surface area contributed by atoms with Crippen LogP contribution in [0.1, 0.15) is 11.4 Å². The van der Waals surface area contributed by atoms with E-state index in [0.29, 0.717) is 17.0 Å². The highest BCUT2D eigenvalue weighted by Crippen LogP contribution is 2.30. The van der Waals surface area contributed by atoms with Gasteiger partial charge in [0.2, 0.25) is 5.82 Å². The molecule has 0 amide bonds. The molecule has 0 aliphatic rings. The van der Waals surface area contributed by atoms with Gasteiger partial charge in [0.15, 0.2) is 0 Å². The lowest BCUT2D eigenvalue weighted by Crippen LogP contribution is -2.16. The molecule has 4 rings (SSSR count). The SMILES string of the molecule is COc1nc(C)cnc1NS(=O)(=O)c1cccnc1-c1ccc(-c2conc2C)cc1. The van der Waals surface area contributed by atoms with E-state index in [0.717, 1.165) is 16.8 Å². The van der Waals surface area contributed by atoms with Crippen molar-refractivity contribution in [2.75, 3.05) is 11.8 Å². The molecule has 0 radical (unpaired) electrons. The number of benzene rings is 1. The molecule has 4 aromatic rings. The van der Waals surface area contributed by atoms with Crippen molar-refractivity contribution in [1.82, 2.24) is 20.1 Å². The number of ether oxygens (including phenoxy) is 1. The number of anilines is 1. The Bertz CT molecular complexity index is 1330.